The van der Waals surface area contributed by atoms with E-state index in [1.807, 2.05) is 18.2 Å². The summed E-state index contributed by atoms with van der Waals surface area (Å²) in [6.07, 6.45) is 5.85. The highest BCUT2D eigenvalue weighted by atomic mass is 16.7. The molecular weight excluding hydrogens is 306 g/mol. The van der Waals surface area contributed by atoms with Crippen LogP contribution in [0.1, 0.15) is 41.8 Å². The van der Waals surface area contributed by atoms with E-state index < -0.39 is 12.2 Å². The summed E-state index contributed by atoms with van der Waals surface area (Å²) in [7, 11) is 0. The molecule has 124 valence electrons. The maximum Gasteiger partial charge on any atom is 0.242 e. The molecule has 3 atom stereocenters. The van der Waals surface area contributed by atoms with Gasteiger partial charge < -0.3 is 20.5 Å². The smallest absolute Gasteiger partial charge is 0.242 e. The van der Waals surface area contributed by atoms with Crippen molar-refractivity contribution in [2.75, 3.05) is 0 Å². The van der Waals surface area contributed by atoms with Gasteiger partial charge in [0, 0.05) is 5.57 Å². The lowest BCUT2D eigenvalue weighted by molar-refractivity contribution is 0.154. The van der Waals surface area contributed by atoms with Crippen molar-refractivity contribution >= 4 is 11.6 Å². The fourth-order valence-corrected chi connectivity index (χ4v) is 3.39. The van der Waals surface area contributed by atoms with Crippen LogP contribution < -0.4 is 5.48 Å². The number of rotatable bonds is 2. The second-order valence-corrected chi connectivity index (χ2v) is 6.24. The summed E-state index contributed by atoms with van der Waals surface area (Å²) in [5.41, 5.74) is 6.82. The van der Waals surface area contributed by atoms with E-state index in [1.165, 1.54) is 6.08 Å². The molecule has 6 heteroatoms. The van der Waals surface area contributed by atoms with E-state index >= 15 is 0 Å². The normalized spacial score (nSPS) is 28.9. The van der Waals surface area contributed by atoms with Crippen LogP contribution in [0.25, 0.3) is 0 Å². The van der Waals surface area contributed by atoms with Gasteiger partial charge in [-0.05, 0) is 48.1 Å². The summed E-state index contributed by atoms with van der Waals surface area (Å²) in [6.45, 7) is 0. The van der Waals surface area contributed by atoms with Gasteiger partial charge in [-0.3, -0.25) is 0 Å². The van der Waals surface area contributed by atoms with E-state index in [9.17, 15) is 10.2 Å². The monoisotopic (exact) mass is 325 g/mol. The minimum Gasteiger partial charge on any atom is -0.388 e. The van der Waals surface area contributed by atoms with Crippen molar-refractivity contribution in [2.45, 2.75) is 37.6 Å². The van der Waals surface area contributed by atoms with Crippen molar-refractivity contribution in [1.82, 2.24) is 5.48 Å². The number of nitrogens with zero attached hydrogens (tertiary/aromatic N) is 1. The number of hydrogen-bond acceptors (Lipinski definition) is 6. The van der Waals surface area contributed by atoms with Crippen LogP contribution in [0, 0.1) is 5.41 Å². The van der Waals surface area contributed by atoms with Crippen LogP contribution in [-0.2, 0) is 11.3 Å². The third kappa shape index (κ3) is 2.58. The predicted molar refractivity (Wildman–Crippen MR) is 89.7 cm³/mol. The molecule has 3 aliphatic rings. The van der Waals surface area contributed by atoms with Crippen molar-refractivity contribution < 1.29 is 15.1 Å². The molecule has 4 N–H and O–H groups in total. The Bertz CT molecular complexity index is 782. The summed E-state index contributed by atoms with van der Waals surface area (Å²) in [5, 5.41) is 27.4. The summed E-state index contributed by atoms with van der Waals surface area (Å²) in [5.74, 6) is 0.405. The van der Waals surface area contributed by atoms with Gasteiger partial charge in [-0.25, -0.2) is 4.99 Å². The molecule has 0 bridgehead atoms. The minimum absolute atomic E-state index is 0.113. The van der Waals surface area contributed by atoms with Crippen LogP contribution in [0.5, 0.6) is 0 Å². The van der Waals surface area contributed by atoms with Crippen LogP contribution in [0.15, 0.2) is 47.0 Å². The summed E-state index contributed by atoms with van der Waals surface area (Å²) < 4.78 is 0. The quantitative estimate of drug-likeness (QED) is 0.667. The summed E-state index contributed by atoms with van der Waals surface area (Å²) in [4.78, 5) is 10.1. The highest BCUT2D eigenvalue weighted by Gasteiger charge is 2.28. The Hall–Kier alpha value is -2.28. The van der Waals surface area contributed by atoms with Gasteiger partial charge in [0.1, 0.15) is 6.10 Å². The Morgan fingerprint density at radius 3 is 2.92 bits per heavy atom. The van der Waals surface area contributed by atoms with Crippen LogP contribution in [-0.4, -0.2) is 27.9 Å². The highest BCUT2D eigenvalue weighted by molar-refractivity contribution is 6.08. The Kier molecular flexibility index (Phi) is 3.80. The zero-order chi connectivity index (χ0) is 16.7. The van der Waals surface area contributed by atoms with Gasteiger partial charge in [-0.1, -0.05) is 24.3 Å². The molecule has 0 saturated heterocycles. The molecule has 1 aliphatic heterocycles. The summed E-state index contributed by atoms with van der Waals surface area (Å²) >= 11 is 0. The van der Waals surface area contributed by atoms with Crippen molar-refractivity contribution in [2.24, 2.45) is 4.99 Å². The molecule has 0 amide bonds. The molecule has 2 aliphatic carbocycles. The maximum absolute atomic E-state index is 10.2. The number of hydroxylamine groups is 1. The molecule has 4 rings (SSSR count). The second kappa shape index (κ2) is 5.98. The van der Waals surface area contributed by atoms with Gasteiger partial charge in [0.2, 0.25) is 5.90 Å². The molecule has 0 spiro atoms. The van der Waals surface area contributed by atoms with Gasteiger partial charge in [0.25, 0.3) is 0 Å². The lowest BCUT2D eigenvalue weighted by Crippen LogP contribution is -2.21. The number of nitrogens with one attached hydrogen (secondary N) is 2. The predicted octanol–water partition coefficient (Wildman–Crippen LogP) is 1.87. The lowest BCUT2D eigenvalue weighted by atomic mass is 9.85. The van der Waals surface area contributed by atoms with Crippen molar-refractivity contribution in [1.29, 1.82) is 5.41 Å². The number of aliphatic hydroxyl groups excluding tert-OH is 2. The van der Waals surface area contributed by atoms with E-state index in [1.54, 1.807) is 12.2 Å². The van der Waals surface area contributed by atoms with Gasteiger partial charge in [-0.15, -0.1) is 5.48 Å². The Balaban J connectivity index is 1.65. The zero-order valence-corrected chi connectivity index (χ0v) is 13.1. The number of aliphatic imine (C=N–C) groups is 1. The fraction of sp³-hybridized carbons (Fsp3) is 0.333. The van der Waals surface area contributed by atoms with Crippen molar-refractivity contribution in [3.63, 3.8) is 0 Å². The SMILES string of the molecule is N=C1C=C(C2=NC(c3cccc4c3CCCC4O)NO2)C=CC1O. The fourth-order valence-electron chi connectivity index (χ4n) is 3.39. The Morgan fingerprint density at radius 2 is 2.08 bits per heavy atom. The first-order chi connectivity index (χ1) is 11.6. The number of benzene rings is 1. The summed E-state index contributed by atoms with van der Waals surface area (Å²) in [6, 6.07) is 5.91. The first-order valence-electron chi connectivity index (χ1n) is 8.10. The van der Waals surface area contributed by atoms with Crippen LogP contribution in [0.3, 0.4) is 0 Å². The Morgan fingerprint density at radius 1 is 1.25 bits per heavy atom. The third-order valence-electron chi connectivity index (χ3n) is 4.65. The maximum atomic E-state index is 10.2. The van der Waals surface area contributed by atoms with Crippen LogP contribution in [0.2, 0.25) is 0 Å². The van der Waals surface area contributed by atoms with Gasteiger partial charge in [0.05, 0.1) is 11.8 Å². The molecule has 1 aromatic rings. The highest BCUT2D eigenvalue weighted by Crippen LogP contribution is 2.35. The first-order valence-corrected chi connectivity index (χ1v) is 8.10. The van der Waals surface area contributed by atoms with Crippen molar-refractivity contribution in [3.8, 4) is 0 Å². The number of aliphatic hydroxyl groups is 2. The average Bonchev–Trinajstić information content (AvgIpc) is 3.07. The minimum atomic E-state index is -0.873. The van der Waals surface area contributed by atoms with E-state index in [-0.39, 0.29) is 11.9 Å². The van der Waals surface area contributed by atoms with E-state index in [2.05, 4.69) is 10.5 Å². The van der Waals surface area contributed by atoms with Crippen LogP contribution >= 0.6 is 0 Å². The molecule has 0 saturated carbocycles. The van der Waals surface area contributed by atoms with Crippen molar-refractivity contribution in [3.05, 3.63) is 58.7 Å². The van der Waals surface area contributed by atoms with E-state index in [0.29, 0.717) is 11.5 Å². The molecule has 0 aromatic heterocycles. The standard InChI is InChI=1S/C18H19N3O3/c19-14-9-10(7-8-16(14)23)18-20-17(21-24-18)13-5-1-4-12-11(13)3-2-6-15(12)22/h1,4-5,7-9,15-17,19,21-23H,2-3,6H2. The third-order valence-corrected chi connectivity index (χ3v) is 4.65. The zero-order valence-electron chi connectivity index (χ0n) is 13.1. The topological polar surface area (TPSA) is 97.9 Å². The average molecular weight is 325 g/mol. The largest absolute Gasteiger partial charge is 0.388 e. The van der Waals surface area contributed by atoms with Gasteiger partial charge in [-0.2, -0.15) is 0 Å². The molecule has 6 nitrogen and oxygen atoms in total. The van der Waals surface area contributed by atoms with E-state index in [0.717, 1.165) is 36.0 Å². The molecule has 0 radical (unpaired) electrons. The molecular formula is C18H19N3O3. The molecule has 3 unspecified atom stereocenters. The lowest BCUT2D eigenvalue weighted by Gasteiger charge is -2.24. The number of hydrogen-bond donors (Lipinski definition) is 4. The molecule has 24 heavy (non-hydrogen) atoms. The first kappa shape index (κ1) is 15.3. The van der Waals surface area contributed by atoms with Gasteiger partial charge in [0.15, 0.2) is 6.17 Å². The van der Waals surface area contributed by atoms with Gasteiger partial charge >= 0.3 is 0 Å². The van der Waals surface area contributed by atoms with Crippen LogP contribution in [0.4, 0.5) is 0 Å². The number of fused-ring (bicyclic) bond motifs is 1. The second-order valence-electron chi connectivity index (χ2n) is 6.24. The Labute approximate surface area is 139 Å². The molecule has 1 heterocycles. The van der Waals surface area contributed by atoms with E-state index in [4.69, 9.17) is 10.2 Å². The molecule has 1 aromatic carbocycles. The molecule has 0 fully saturated rings.